The zero-order chi connectivity index (χ0) is 23.0. The molecule has 2 heterocycles. The number of carbonyl (C=O) groups is 5. The number of amides is 6. The average Bonchev–Trinajstić information content (AvgIpc) is 3.09. The lowest BCUT2D eigenvalue weighted by atomic mass is 9.89. The number of urea groups is 1. The fourth-order valence-corrected chi connectivity index (χ4v) is 3.89. The molecule has 32 heavy (non-hydrogen) atoms. The molecule has 0 spiro atoms. The SMILES string of the molecule is C[C@]1(N2Cc3ccc(C(=O)NC(=O)Nc4ccc(Cl)cc4)cc3C2=O)CCC(=O)NC1=O. The van der Waals surface area contributed by atoms with Crippen molar-refractivity contribution in [3.8, 4) is 0 Å². The molecule has 2 aliphatic heterocycles. The van der Waals surface area contributed by atoms with E-state index in [1.807, 2.05) is 0 Å². The predicted octanol–water partition coefficient (Wildman–Crippen LogP) is 2.45. The number of hydrogen-bond acceptors (Lipinski definition) is 5. The normalized spacial score (nSPS) is 19.9. The van der Waals surface area contributed by atoms with Gasteiger partial charge in [0.1, 0.15) is 5.54 Å². The molecule has 2 aliphatic rings. The van der Waals surface area contributed by atoms with Crippen LogP contribution in [0.2, 0.25) is 5.02 Å². The molecule has 2 aromatic carbocycles. The lowest BCUT2D eigenvalue weighted by Crippen LogP contribution is -2.61. The van der Waals surface area contributed by atoms with Crippen molar-refractivity contribution in [1.82, 2.24) is 15.5 Å². The number of imide groups is 2. The number of hydrogen-bond donors (Lipinski definition) is 3. The van der Waals surface area contributed by atoms with Crippen molar-refractivity contribution in [2.75, 3.05) is 5.32 Å². The number of carbonyl (C=O) groups excluding carboxylic acids is 5. The van der Waals surface area contributed by atoms with Gasteiger partial charge < -0.3 is 10.2 Å². The number of halogens is 1. The first-order valence-corrected chi connectivity index (χ1v) is 10.2. The molecule has 1 fully saturated rings. The maximum atomic E-state index is 13.0. The Morgan fingerprint density at radius 1 is 1.09 bits per heavy atom. The zero-order valence-corrected chi connectivity index (χ0v) is 17.8. The largest absolute Gasteiger partial charge is 0.326 e. The van der Waals surface area contributed by atoms with Crippen LogP contribution in [0.5, 0.6) is 0 Å². The molecule has 0 aliphatic carbocycles. The number of rotatable bonds is 3. The van der Waals surface area contributed by atoms with Gasteiger partial charge in [-0.3, -0.25) is 29.8 Å². The van der Waals surface area contributed by atoms with Crippen LogP contribution in [-0.4, -0.2) is 40.1 Å². The molecular weight excluding hydrogens is 436 g/mol. The fraction of sp³-hybridized carbons (Fsp3) is 0.227. The fourth-order valence-electron chi connectivity index (χ4n) is 3.76. The second kappa shape index (κ2) is 8.08. The van der Waals surface area contributed by atoms with Crippen molar-refractivity contribution < 1.29 is 24.0 Å². The highest BCUT2D eigenvalue weighted by Crippen LogP contribution is 2.34. The summed E-state index contributed by atoms with van der Waals surface area (Å²) in [5.74, 6) is -1.98. The standard InChI is InChI=1S/C22H19ClN4O5/c1-22(9-8-17(28)25-20(22)31)27-11-13-3-2-12(10-16(13)19(27)30)18(29)26-21(32)24-15-6-4-14(23)5-7-15/h2-7,10H,8-9,11H2,1H3,(H,25,28,31)(H2,24,26,29,32)/t22-/m0/s1. The van der Waals surface area contributed by atoms with Crippen LogP contribution >= 0.6 is 11.6 Å². The summed E-state index contributed by atoms with van der Waals surface area (Å²) in [7, 11) is 0. The van der Waals surface area contributed by atoms with Crippen molar-refractivity contribution in [3.63, 3.8) is 0 Å². The highest BCUT2D eigenvalue weighted by Gasteiger charge is 2.48. The highest BCUT2D eigenvalue weighted by molar-refractivity contribution is 6.30. The first-order chi connectivity index (χ1) is 15.2. The van der Waals surface area contributed by atoms with Gasteiger partial charge in [-0.15, -0.1) is 0 Å². The van der Waals surface area contributed by atoms with E-state index in [2.05, 4.69) is 16.0 Å². The van der Waals surface area contributed by atoms with E-state index in [4.69, 9.17) is 11.6 Å². The molecular formula is C22H19ClN4O5. The van der Waals surface area contributed by atoms with E-state index in [1.54, 1.807) is 37.3 Å². The molecule has 1 atom stereocenters. The molecule has 0 unspecified atom stereocenters. The van der Waals surface area contributed by atoms with Gasteiger partial charge in [-0.2, -0.15) is 0 Å². The maximum absolute atomic E-state index is 13.0. The number of benzene rings is 2. The molecule has 9 nitrogen and oxygen atoms in total. The Kier molecular flexibility index (Phi) is 5.43. The molecule has 164 valence electrons. The van der Waals surface area contributed by atoms with E-state index in [9.17, 15) is 24.0 Å². The van der Waals surface area contributed by atoms with Crippen molar-refractivity contribution in [3.05, 3.63) is 64.2 Å². The van der Waals surface area contributed by atoms with E-state index in [1.165, 1.54) is 17.0 Å². The van der Waals surface area contributed by atoms with Crippen LogP contribution < -0.4 is 16.0 Å². The van der Waals surface area contributed by atoms with Crippen molar-refractivity contribution >= 4 is 46.9 Å². The van der Waals surface area contributed by atoms with Gasteiger partial charge >= 0.3 is 6.03 Å². The molecule has 2 aromatic rings. The lowest BCUT2D eigenvalue weighted by Gasteiger charge is -2.39. The third-order valence-corrected chi connectivity index (χ3v) is 5.93. The third kappa shape index (κ3) is 3.94. The highest BCUT2D eigenvalue weighted by atomic mass is 35.5. The van der Waals surface area contributed by atoms with Crippen molar-refractivity contribution in [2.24, 2.45) is 0 Å². The Bertz CT molecular complexity index is 1160. The summed E-state index contributed by atoms with van der Waals surface area (Å²) in [5, 5.41) is 7.52. The Balaban J connectivity index is 1.47. The van der Waals surface area contributed by atoms with E-state index in [0.29, 0.717) is 16.3 Å². The number of piperidine rings is 1. The Labute approximate surface area is 188 Å². The molecule has 0 bridgehead atoms. The maximum Gasteiger partial charge on any atom is 0.326 e. The van der Waals surface area contributed by atoms with Gasteiger partial charge in [0.2, 0.25) is 5.91 Å². The summed E-state index contributed by atoms with van der Waals surface area (Å²) < 4.78 is 0. The van der Waals surface area contributed by atoms with Crippen LogP contribution in [-0.2, 0) is 16.1 Å². The van der Waals surface area contributed by atoms with Crippen LogP contribution in [0.4, 0.5) is 10.5 Å². The molecule has 0 saturated carbocycles. The Morgan fingerprint density at radius 2 is 1.81 bits per heavy atom. The van der Waals surface area contributed by atoms with Gasteiger partial charge in [0, 0.05) is 34.8 Å². The van der Waals surface area contributed by atoms with Crippen LogP contribution in [0.25, 0.3) is 0 Å². The molecule has 3 N–H and O–H groups in total. The molecule has 4 rings (SSSR count). The minimum absolute atomic E-state index is 0.124. The molecule has 0 aromatic heterocycles. The summed E-state index contributed by atoms with van der Waals surface area (Å²) in [4.78, 5) is 63.0. The average molecular weight is 455 g/mol. The number of nitrogens with zero attached hydrogens (tertiary/aromatic N) is 1. The molecule has 1 saturated heterocycles. The lowest BCUT2D eigenvalue weighted by molar-refractivity contribution is -0.142. The predicted molar refractivity (Wildman–Crippen MR) is 115 cm³/mol. The van der Waals surface area contributed by atoms with Gasteiger partial charge in [0.25, 0.3) is 17.7 Å². The summed E-state index contributed by atoms with van der Waals surface area (Å²) >= 11 is 5.80. The summed E-state index contributed by atoms with van der Waals surface area (Å²) in [6.07, 6.45) is 0.356. The molecule has 6 amide bonds. The minimum Gasteiger partial charge on any atom is -0.320 e. The van der Waals surface area contributed by atoms with Crippen LogP contribution in [0.3, 0.4) is 0 Å². The topological polar surface area (TPSA) is 125 Å². The van der Waals surface area contributed by atoms with Gasteiger partial charge in [-0.1, -0.05) is 17.7 Å². The van der Waals surface area contributed by atoms with Crippen LogP contribution in [0.15, 0.2) is 42.5 Å². The minimum atomic E-state index is -1.16. The quantitative estimate of drug-likeness (QED) is 0.614. The van der Waals surface area contributed by atoms with Crippen LogP contribution in [0, 0.1) is 0 Å². The molecule has 10 heteroatoms. The van der Waals surface area contributed by atoms with E-state index in [0.717, 1.165) is 0 Å². The smallest absolute Gasteiger partial charge is 0.320 e. The van der Waals surface area contributed by atoms with Gasteiger partial charge in [-0.05, 0) is 55.3 Å². The van der Waals surface area contributed by atoms with Crippen molar-refractivity contribution in [1.29, 1.82) is 0 Å². The third-order valence-electron chi connectivity index (χ3n) is 5.68. The van der Waals surface area contributed by atoms with E-state index in [-0.39, 0.29) is 36.4 Å². The van der Waals surface area contributed by atoms with Gasteiger partial charge in [0.05, 0.1) is 0 Å². The Morgan fingerprint density at radius 3 is 2.50 bits per heavy atom. The van der Waals surface area contributed by atoms with Crippen LogP contribution in [0.1, 0.15) is 46.0 Å². The summed E-state index contributed by atoms with van der Waals surface area (Å²) in [6, 6.07) is 10.2. The van der Waals surface area contributed by atoms with Gasteiger partial charge in [0.15, 0.2) is 0 Å². The molecule has 0 radical (unpaired) electrons. The first-order valence-electron chi connectivity index (χ1n) is 9.84. The second-order valence-electron chi connectivity index (χ2n) is 7.83. The number of anilines is 1. The summed E-state index contributed by atoms with van der Waals surface area (Å²) in [6.45, 7) is 1.80. The van der Waals surface area contributed by atoms with Gasteiger partial charge in [-0.25, -0.2) is 4.79 Å². The first kappa shape index (κ1) is 21.5. The number of fused-ring (bicyclic) bond motifs is 1. The van der Waals surface area contributed by atoms with Crippen molar-refractivity contribution in [2.45, 2.75) is 31.8 Å². The number of nitrogens with one attached hydrogen (secondary N) is 3. The second-order valence-corrected chi connectivity index (χ2v) is 8.27. The summed E-state index contributed by atoms with van der Waals surface area (Å²) in [5.41, 5.74) is 0.352. The Hall–Kier alpha value is -3.72. The van der Waals surface area contributed by atoms with E-state index >= 15 is 0 Å². The monoisotopic (exact) mass is 454 g/mol. The van der Waals surface area contributed by atoms with E-state index < -0.39 is 29.3 Å². The zero-order valence-electron chi connectivity index (χ0n) is 17.0.